The fraction of sp³-hybridized carbons (Fsp3) is 0.412. The molecular weight excluding hydrogens is 295 g/mol. The van der Waals surface area contributed by atoms with E-state index in [9.17, 15) is 9.18 Å². The Morgan fingerprint density at radius 1 is 1.39 bits per heavy atom. The van der Waals surface area contributed by atoms with Crippen LogP contribution in [0.2, 0.25) is 0 Å². The van der Waals surface area contributed by atoms with Gasteiger partial charge in [0.15, 0.2) is 0 Å². The van der Waals surface area contributed by atoms with Crippen LogP contribution in [-0.4, -0.2) is 33.1 Å². The molecule has 0 bridgehead atoms. The number of hydrogen-bond acceptors (Lipinski definition) is 2. The summed E-state index contributed by atoms with van der Waals surface area (Å²) < 4.78 is 15.0. The number of nitrogens with zero attached hydrogens (tertiary/aromatic N) is 3. The zero-order chi connectivity index (χ0) is 16.2. The summed E-state index contributed by atoms with van der Waals surface area (Å²) in [5.41, 5.74) is 1.00. The molecule has 6 heteroatoms. The largest absolute Gasteiger partial charge is 0.338 e. The number of hydrogen-bond donors (Lipinski definition) is 1. The van der Waals surface area contributed by atoms with Crippen LogP contribution < -0.4 is 5.32 Å². The SMILES string of the molecule is CCNC(=O)N(Cc1nccn1Cc1ccc(F)cc1)C1CC1. The van der Waals surface area contributed by atoms with Gasteiger partial charge in [0.05, 0.1) is 6.54 Å². The Morgan fingerprint density at radius 3 is 2.78 bits per heavy atom. The van der Waals surface area contributed by atoms with Gasteiger partial charge >= 0.3 is 6.03 Å². The van der Waals surface area contributed by atoms with Crippen molar-refractivity contribution in [3.8, 4) is 0 Å². The van der Waals surface area contributed by atoms with Gasteiger partial charge in [0.2, 0.25) is 0 Å². The van der Waals surface area contributed by atoms with E-state index in [2.05, 4.69) is 10.3 Å². The molecule has 1 heterocycles. The summed E-state index contributed by atoms with van der Waals surface area (Å²) in [5.74, 6) is 0.600. The normalized spacial score (nSPS) is 13.8. The minimum Gasteiger partial charge on any atom is -0.338 e. The molecule has 3 rings (SSSR count). The van der Waals surface area contributed by atoms with Gasteiger partial charge in [-0.2, -0.15) is 0 Å². The van der Waals surface area contributed by atoms with Crippen LogP contribution in [0.5, 0.6) is 0 Å². The van der Waals surface area contributed by atoms with Gasteiger partial charge in [-0.15, -0.1) is 0 Å². The standard InChI is InChI=1S/C17H21FN4O/c1-2-19-17(23)22(15-7-8-15)12-16-20-9-10-21(16)11-13-3-5-14(18)6-4-13/h3-6,9-10,15H,2,7-8,11-12H2,1H3,(H,19,23). The van der Waals surface area contributed by atoms with Crippen molar-refractivity contribution in [3.63, 3.8) is 0 Å². The summed E-state index contributed by atoms with van der Waals surface area (Å²) in [6, 6.07) is 6.72. The number of amides is 2. The first-order valence-corrected chi connectivity index (χ1v) is 7.96. The predicted molar refractivity (Wildman–Crippen MR) is 85.4 cm³/mol. The second-order valence-corrected chi connectivity index (χ2v) is 5.79. The van der Waals surface area contributed by atoms with Crippen LogP contribution in [0.4, 0.5) is 9.18 Å². The maximum absolute atomic E-state index is 13.0. The third-order valence-corrected chi connectivity index (χ3v) is 3.96. The summed E-state index contributed by atoms with van der Waals surface area (Å²) in [5, 5.41) is 2.86. The summed E-state index contributed by atoms with van der Waals surface area (Å²) in [6.07, 6.45) is 5.73. The molecule has 5 nitrogen and oxygen atoms in total. The Hall–Kier alpha value is -2.37. The molecule has 0 spiro atoms. The molecule has 0 unspecified atom stereocenters. The van der Waals surface area contributed by atoms with Gasteiger partial charge in [-0.05, 0) is 37.5 Å². The van der Waals surface area contributed by atoms with E-state index in [4.69, 9.17) is 0 Å². The van der Waals surface area contributed by atoms with Crippen molar-refractivity contribution in [2.45, 2.75) is 38.9 Å². The molecule has 0 radical (unpaired) electrons. The van der Waals surface area contributed by atoms with Crippen molar-refractivity contribution in [3.05, 3.63) is 53.9 Å². The van der Waals surface area contributed by atoms with Crippen molar-refractivity contribution in [2.24, 2.45) is 0 Å². The van der Waals surface area contributed by atoms with E-state index in [0.29, 0.717) is 25.7 Å². The van der Waals surface area contributed by atoms with E-state index in [1.165, 1.54) is 12.1 Å². The topological polar surface area (TPSA) is 50.2 Å². The molecule has 1 saturated carbocycles. The molecule has 23 heavy (non-hydrogen) atoms. The van der Waals surface area contributed by atoms with Gasteiger partial charge in [0, 0.05) is 31.5 Å². The van der Waals surface area contributed by atoms with Crippen LogP contribution >= 0.6 is 0 Å². The van der Waals surface area contributed by atoms with Crippen molar-refractivity contribution >= 4 is 6.03 Å². The number of aromatic nitrogens is 2. The molecule has 1 aliphatic rings. The number of rotatable bonds is 6. The van der Waals surface area contributed by atoms with Crippen molar-refractivity contribution in [1.29, 1.82) is 0 Å². The summed E-state index contributed by atoms with van der Waals surface area (Å²) in [7, 11) is 0. The number of halogens is 1. The molecule has 1 aromatic carbocycles. The van der Waals surface area contributed by atoms with Crippen LogP contribution in [0.25, 0.3) is 0 Å². The second-order valence-electron chi connectivity index (χ2n) is 5.79. The van der Waals surface area contributed by atoms with Gasteiger partial charge in [-0.25, -0.2) is 14.2 Å². The average molecular weight is 316 g/mol. The van der Waals surface area contributed by atoms with Crippen molar-refractivity contribution in [2.75, 3.05) is 6.54 Å². The quantitative estimate of drug-likeness (QED) is 0.891. The molecule has 0 saturated heterocycles. The molecule has 0 aliphatic heterocycles. The Labute approximate surface area is 135 Å². The summed E-state index contributed by atoms with van der Waals surface area (Å²) in [4.78, 5) is 18.4. The Morgan fingerprint density at radius 2 is 2.13 bits per heavy atom. The Bertz CT molecular complexity index is 663. The van der Waals surface area contributed by atoms with Gasteiger partial charge in [0.1, 0.15) is 11.6 Å². The minimum atomic E-state index is -0.240. The summed E-state index contributed by atoms with van der Waals surface area (Å²) >= 11 is 0. The van der Waals surface area contributed by atoms with Crippen LogP contribution in [-0.2, 0) is 13.1 Å². The van der Waals surface area contributed by atoms with Crippen LogP contribution in [0.3, 0.4) is 0 Å². The molecule has 122 valence electrons. The van der Waals surface area contributed by atoms with E-state index in [1.54, 1.807) is 18.3 Å². The van der Waals surface area contributed by atoms with Crippen LogP contribution in [0, 0.1) is 5.82 Å². The molecule has 0 atom stereocenters. The van der Waals surface area contributed by atoms with Gasteiger partial charge in [-0.3, -0.25) is 0 Å². The van der Waals surface area contributed by atoms with E-state index in [-0.39, 0.29) is 11.8 Å². The van der Waals surface area contributed by atoms with Crippen LogP contribution in [0.1, 0.15) is 31.2 Å². The highest BCUT2D eigenvalue weighted by Crippen LogP contribution is 2.28. The molecule has 1 aromatic heterocycles. The van der Waals surface area contributed by atoms with Crippen molar-refractivity contribution < 1.29 is 9.18 Å². The Kier molecular flexibility index (Phi) is 4.60. The maximum atomic E-state index is 13.0. The zero-order valence-electron chi connectivity index (χ0n) is 13.2. The second kappa shape index (κ2) is 6.81. The van der Waals surface area contributed by atoms with Gasteiger partial charge < -0.3 is 14.8 Å². The lowest BCUT2D eigenvalue weighted by Gasteiger charge is -2.22. The highest BCUT2D eigenvalue weighted by Gasteiger charge is 2.33. The van der Waals surface area contributed by atoms with E-state index >= 15 is 0 Å². The van der Waals surface area contributed by atoms with E-state index < -0.39 is 0 Å². The zero-order valence-corrected chi connectivity index (χ0v) is 13.2. The molecule has 2 amide bonds. The average Bonchev–Trinajstić information content (AvgIpc) is 3.28. The van der Waals surface area contributed by atoms with Crippen LogP contribution in [0.15, 0.2) is 36.7 Å². The van der Waals surface area contributed by atoms with Gasteiger partial charge in [-0.1, -0.05) is 12.1 Å². The highest BCUT2D eigenvalue weighted by molar-refractivity contribution is 5.74. The fourth-order valence-electron chi connectivity index (χ4n) is 2.58. The number of carbonyl (C=O) groups is 1. The first-order chi connectivity index (χ1) is 11.2. The molecule has 1 aliphatic carbocycles. The lowest BCUT2D eigenvalue weighted by Crippen LogP contribution is -2.41. The van der Waals surface area contributed by atoms with Gasteiger partial charge in [0.25, 0.3) is 0 Å². The third kappa shape index (κ3) is 3.88. The highest BCUT2D eigenvalue weighted by atomic mass is 19.1. The monoisotopic (exact) mass is 316 g/mol. The molecule has 2 aromatic rings. The molecule has 1 N–H and O–H groups in total. The molecular formula is C17H21FN4O. The number of carbonyl (C=O) groups excluding carboxylic acids is 1. The van der Waals surface area contributed by atoms with Crippen molar-refractivity contribution in [1.82, 2.24) is 19.8 Å². The molecule has 1 fully saturated rings. The lowest BCUT2D eigenvalue weighted by molar-refractivity contribution is 0.190. The summed E-state index contributed by atoms with van der Waals surface area (Å²) in [6.45, 7) is 3.64. The van der Waals surface area contributed by atoms with E-state index in [1.807, 2.05) is 22.6 Å². The number of urea groups is 1. The smallest absolute Gasteiger partial charge is 0.318 e. The lowest BCUT2D eigenvalue weighted by atomic mass is 10.2. The maximum Gasteiger partial charge on any atom is 0.318 e. The first kappa shape index (κ1) is 15.5. The minimum absolute atomic E-state index is 0.0358. The fourth-order valence-corrected chi connectivity index (χ4v) is 2.58. The van der Waals surface area contributed by atoms with E-state index in [0.717, 1.165) is 24.2 Å². The predicted octanol–water partition coefficient (Wildman–Crippen LogP) is 2.76. The Balaban J connectivity index is 1.72. The number of imidazole rings is 1. The third-order valence-electron chi connectivity index (χ3n) is 3.96. The number of benzene rings is 1. The number of nitrogens with one attached hydrogen (secondary N) is 1. The first-order valence-electron chi connectivity index (χ1n) is 7.96.